The number of benzene rings is 2. The number of aryl methyl sites for hydroxylation is 1. The van der Waals surface area contributed by atoms with Crippen molar-refractivity contribution in [2.75, 3.05) is 12.4 Å². The van der Waals surface area contributed by atoms with Crippen LogP contribution in [-0.4, -0.2) is 33.2 Å². The fraction of sp³-hybridized carbons (Fsp3) is 0.125. The van der Waals surface area contributed by atoms with Gasteiger partial charge in [-0.3, -0.25) is 4.79 Å². The third-order valence-corrected chi connectivity index (χ3v) is 3.72. The zero-order valence-corrected chi connectivity index (χ0v) is 13.8. The van der Waals surface area contributed by atoms with Crippen LogP contribution in [0.3, 0.4) is 0 Å². The Morgan fingerprint density at radius 1 is 1.25 bits per heavy atom. The standard InChI is InChI=1S/C16H14ClN5O2/c1-10-3-5-11(6-4-10)19-16(23)12-7-13(17)14(8-15(12)24-2)22-9-18-20-21-22/h3-9H,1-2H3,(H,19,23). The van der Waals surface area contributed by atoms with Crippen LogP contribution in [-0.2, 0) is 0 Å². The molecule has 0 aliphatic rings. The van der Waals surface area contributed by atoms with Crippen molar-refractivity contribution in [1.82, 2.24) is 20.2 Å². The van der Waals surface area contributed by atoms with Gasteiger partial charge >= 0.3 is 0 Å². The average Bonchev–Trinajstić information content (AvgIpc) is 3.11. The first-order valence-corrected chi connectivity index (χ1v) is 7.45. The summed E-state index contributed by atoms with van der Waals surface area (Å²) in [4.78, 5) is 12.5. The van der Waals surface area contributed by atoms with Crippen LogP contribution >= 0.6 is 11.6 Å². The highest BCUT2D eigenvalue weighted by Crippen LogP contribution is 2.29. The summed E-state index contributed by atoms with van der Waals surface area (Å²) in [5.74, 6) is 0.0513. The highest BCUT2D eigenvalue weighted by atomic mass is 35.5. The molecule has 7 nitrogen and oxygen atoms in total. The van der Waals surface area contributed by atoms with Gasteiger partial charge in [-0.15, -0.1) is 5.10 Å². The summed E-state index contributed by atoms with van der Waals surface area (Å²) in [7, 11) is 1.48. The van der Waals surface area contributed by atoms with Crippen LogP contribution in [0.15, 0.2) is 42.7 Å². The molecule has 0 spiro atoms. The normalized spacial score (nSPS) is 10.5. The second kappa shape index (κ2) is 6.67. The highest BCUT2D eigenvalue weighted by Gasteiger charge is 2.17. The van der Waals surface area contributed by atoms with Crippen molar-refractivity contribution in [2.45, 2.75) is 6.92 Å². The molecule has 1 heterocycles. The van der Waals surface area contributed by atoms with Crippen molar-refractivity contribution in [2.24, 2.45) is 0 Å². The molecule has 3 rings (SSSR count). The molecule has 0 saturated heterocycles. The zero-order chi connectivity index (χ0) is 17.1. The third kappa shape index (κ3) is 3.21. The Kier molecular flexibility index (Phi) is 4.43. The van der Waals surface area contributed by atoms with Gasteiger partial charge in [0.05, 0.1) is 23.4 Å². The van der Waals surface area contributed by atoms with E-state index < -0.39 is 0 Å². The number of carbonyl (C=O) groups is 1. The molecule has 0 aliphatic carbocycles. The van der Waals surface area contributed by atoms with E-state index >= 15 is 0 Å². The molecule has 0 radical (unpaired) electrons. The Bertz CT molecular complexity index is 863. The van der Waals surface area contributed by atoms with Gasteiger partial charge in [0.15, 0.2) is 0 Å². The van der Waals surface area contributed by atoms with E-state index in [0.29, 0.717) is 27.7 Å². The molecule has 8 heteroatoms. The topological polar surface area (TPSA) is 81.9 Å². The van der Waals surface area contributed by atoms with Gasteiger partial charge < -0.3 is 10.1 Å². The van der Waals surface area contributed by atoms with Crippen molar-refractivity contribution in [3.8, 4) is 11.4 Å². The molecule has 3 aromatic rings. The minimum absolute atomic E-state index is 0.319. The van der Waals surface area contributed by atoms with E-state index in [1.54, 1.807) is 6.07 Å². The van der Waals surface area contributed by atoms with Crippen LogP contribution in [0.5, 0.6) is 5.75 Å². The predicted molar refractivity (Wildman–Crippen MR) is 89.8 cm³/mol. The molecule has 0 aliphatic heterocycles. The van der Waals surface area contributed by atoms with Gasteiger partial charge in [0.25, 0.3) is 5.91 Å². The Hall–Kier alpha value is -2.93. The largest absolute Gasteiger partial charge is 0.496 e. The number of anilines is 1. The predicted octanol–water partition coefficient (Wildman–Crippen LogP) is 2.89. The number of ether oxygens (including phenoxy) is 1. The van der Waals surface area contributed by atoms with E-state index in [-0.39, 0.29) is 5.91 Å². The number of rotatable bonds is 4. The fourth-order valence-electron chi connectivity index (χ4n) is 2.17. The minimum atomic E-state index is -0.319. The first kappa shape index (κ1) is 15.9. The summed E-state index contributed by atoms with van der Waals surface area (Å²) in [5, 5.41) is 14.1. The third-order valence-electron chi connectivity index (χ3n) is 3.42. The summed E-state index contributed by atoms with van der Waals surface area (Å²) in [6.07, 6.45) is 1.41. The summed E-state index contributed by atoms with van der Waals surface area (Å²) >= 11 is 6.27. The van der Waals surface area contributed by atoms with E-state index in [2.05, 4.69) is 20.8 Å². The van der Waals surface area contributed by atoms with Gasteiger partial charge in [-0.05, 0) is 35.5 Å². The minimum Gasteiger partial charge on any atom is -0.496 e. The van der Waals surface area contributed by atoms with E-state index in [0.717, 1.165) is 5.56 Å². The number of carbonyl (C=O) groups excluding carboxylic acids is 1. The Morgan fingerprint density at radius 2 is 2.00 bits per heavy atom. The number of hydrogen-bond donors (Lipinski definition) is 1. The number of methoxy groups -OCH3 is 1. The van der Waals surface area contributed by atoms with E-state index in [9.17, 15) is 4.79 Å². The monoisotopic (exact) mass is 343 g/mol. The van der Waals surface area contributed by atoms with Crippen molar-refractivity contribution >= 4 is 23.2 Å². The molecular weight excluding hydrogens is 330 g/mol. The lowest BCUT2D eigenvalue weighted by Crippen LogP contribution is -2.14. The van der Waals surface area contributed by atoms with E-state index in [1.165, 1.54) is 24.2 Å². The second-order valence-electron chi connectivity index (χ2n) is 5.08. The van der Waals surface area contributed by atoms with Gasteiger partial charge in [-0.2, -0.15) is 4.68 Å². The molecule has 0 atom stereocenters. The first-order chi connectivity index (χ1) is 11.6. The smallest absolute Gasteiger partial charge is 0.259 e. The van der Waals surface area contributed by atoms with Crippen molar-refractivity contribution in [1.29, 1.82) is 0 Å². The number of nitrogens with one attached hydrogen (secondary N) is 1. The lowest BCUT2D eigenvalue weighted by atomic mass is 10.1. The van der Waals surface area contributed by atoms with Crippen LogP contribution in [0.1, 0.15) is 15.9 Å². The summed E-state index contributed by atoms with van der Waals surface area (Å²) in [6, 6.07) is 10.6. The molecule has 0 saturated carbocycles. The van der Waals surface area contributed by atoms with Gasteiger partial charge in [0.1, 0.15) is 12.1 Å². The average molecular weight is 344 g/mol. The van der Waals surface area contributed by atoms with Crippen molar-refractivity contribution in [3.63, 3.8) is 0 Å². The SMILES string of the molecule is COc1cc(-n2cnnn2)c(Cl)cc1C(=O)Nc1ccc(C)cc1. The Morgan fingerprint density at radius 3 is 2.62 bits per heavy atom. The molecule has 0 unspecified atom stereocenters. The molecule has 0 bridgehead atoms. The molecule has 1 amide bonds. The lowest BCUT2D eigenvalue weighted by Gasteiger charge is -2.12. The molecule has 1 aromatic heterocycles. The first-order valence-electron chi connectivity index (χ1n) is 7.07. The van der Waals surface area contributed by atoms with Gasteiger partial charge in [0, 0.05) is 11.8 Å². The number of amides is 1. The van der Waals surface area contributed by atoms with Crippen molar-refractivity contribution < 1.29 is 9.53 Å². The molecule has 0 fully saturated rings. The number of halogens is 1. The number of aromatic nitrogens is 4. The number of tetrazole rings is 1. The Balaban J connectivity index is 1.93. The maximum absolute atomic E-state index is 12.5. The van der Waals surface area contributed by atoms with Crippen LogP contribution in [0.25, 0.3) is 5.69 Å². The lowest BCUT2D eigenvalue weighted by molar-refractivity contribution is 0.102. The highest BCUT2D eigenvalue weighted by molar-refractivity contribution is 6.33. The summed E-state index contributed by atoms with van der Waals surface area (Å²) in [6.45, 7) is 1.98. The number of hydrogen-bond acceptors (Lipinski definition) is 5. The Labute approximate surface area is 143 Å². The van der Waals surface area contributed by atoms with Crippen LogP contribution in [0, 0.1) is 6.92 Å². The maximum Gasteiger partial charge on any atom is 0.259 e. The van der Waals surface area contributed by atoms with Gasteiger partial charge in [-0.25, -0.2) is 0 Å². The van der Waals surface area contributed by atoms with Crippen LogP contribution < -0.4 is 10.1 Å². The molecule has 24 heavy (non-hydrogen) atoms. The van der Waals surface area contributed by atoms with Crippen LogP contribution in [0.2, 0.25) is 5.02 Å². The molecular formula is C16H14ClN5O2. The molecule has 1 N–H and O–H groups in total. The van der Waals surface area contributed by atoms with Gasteiger partial charge in [0.2, 0.25) is 0 Å². The van der Waals surface area contributed by atoms with E-state index in [4.69, 9.17) is 16.3 Å². The quantitative estimate of drug-likeness (QED) is 0.787. The zero-order valence-electron chi connectivity index (χ0n) is 13.0. The second-order valence-corrected chi connectivity index (χ2v) is 5.49. The van der Waals surface area contributed by atoms with Gasteiger partial charge in [-0.1, -0.05) is 29.3 Å². The molecule has 2 aromatic carbocycles. The number of nitrogens with zero attached hydrogens (tertiary/aromatic N) is 4. The van der Waals surface area contributed by atoms with Crippen molar-refractivity contribution in [3.05, 3.63) is 58.9 Å². The molecule has 122 valence electrons. The summed E-state index contributed by atoms with van der Waals surface area (Å²) < 4.78 is 6.71. The van der Waals surface area contributed by atoms with E-state index in [1.807, 2.05) is 31.2 Å². The fourth-order valence-corrected chi connectivity index (χ4v) is 2.42. The maximum atomic E-state index is 12.5. The summed E-state index contributed by atoms with van der Waals surface area (Å²) in [5.41, 5.74) is 2.64. The van der Waals surface area contributed by atoms with Crippen LogP contribution in [0.4, 0.5) is 5.69 Å².